The van der Waals surface area contributed by atoms with E-state index in [-0.39, 0.29) is 16.1 Å². The van der Waals surface area contributed by atoms with Crippen LogP contribution in [0.3, 0.4) is 0 Å². The number of nitrogens with zero attached hydrogens (tertiary/aromatic N) is 1. The van der Waals surface area contributed by atoms with Crippen LogP contribution >= 0.6 is 136 Å². The van der Waals surface area contributed by atoms with E-state index < -0.39 is 0 Å². The van der Waals surface area contributed by atoms with Crippen LogP contribution < -0.4 is 9.47 Å². The number of allylic oxidation sites excluding steroid dienone is 2. The number of rotatable bonds is 15. The van der Waals surface area contributed by atoms with Gasteiger partial charge in [-0.15, -0.1) is 0 Å². The number of aliphatic imine (C=N–C) groups is 1. The van der Waals surface area contributed by atoms with Crippen LogP contribution in [0.5, 0.6) is 17.2 Å². The molecule has 3 aliphatic carbocycles. The molecule has 0 spiro atoms. The molecule has 13 heteroatoms. The monoisotopic (exact) mass is 1540 g/mol. The van der Waals surface area contributed by atoms with E-state index >= 15 is 0 Å². The summed E-state index contributed by atoms with van der Waals surface area (Å²) in [5.41, 5.74) is 3.82. The molecule has 0 bridgehead atoms. The molecule has 4 fully saturated rings. The van der Waals surface area contributed by atoms with Gasteiger partial charge < -0.3 is 28.4 Å². The van der Waals surface area contributed by atoms with Gasteiger partial charge in [0.1, 0.15) is 29.1 Å². The van der Waals surface area contributed by atoms with Gasteiger partial charge in [-0.1, -0.05) is 93.7 Å². The molecule has 0 aromatic heterocycles. The third-order valence-electron chi connectivity index (χ3n) is 11.7. The van der Waals surface area contributed by atoms with Crippen LogP contribution in [-0.2, 0) is 31.8 Å². The van der Waals surface area contributed by atoms with Crippen LogP contribution in [0.15, 0.2) is 83.8 Å². The van der Waals surface area contributed by atoms with Gasteiger partial charge in [-0.25, -0.2) is 0 Å². The van der Waals surface area contributed by atoms with Crippen LogP contribution in [0.2, 0.25) is 0 Å². The molecule has 4 atom stereocenters. The fraction of sp³-hybridized carbons (Fsp3) is 0.510. The van der Waals surface area contributed by atoms with Crippen LogP contribution in [-0.4, -0.2) is 54.0 Å². The van der Waals surface area contributed by atoms with Crippen molar-refractivity contribution in [1.29, 1.82) is 0 Å². The van der Waals surface area contributed by atoms with Crippen molar-refractivity contribution in [1.82, 2.24) is 0 Å². The summed E-state index contributed by atoms with van der Waals surface area (Å²) >= 11 is 14.2. The molecule has 5 aliphatic rings. The number of ether oxygens (including phenoxy) is 6. The Kier molecular flexibility index (Phi) is 23.1. The summed E-state index contributed by atoms with van der Waals surface area (Å²) in [4.78, 5) is 5.13. The highest BCUT2D eigenvalue weighted by Gasteiger charge is 2.27. The topological polar surface area (TPSA) is 74.3 Å². The van der Waals surface area contributed by atoms with Crippen molar-refractivity contribution in [3.05, 3.63) is 113 Å². The zero-order valence-corrected chi connectivity index (χ0v) is 50.1. The van der Waals surface area contributed by atoms with Crippen molar-refractivity contribution >= 4 is 141 Å². The van der Waals surface area contributed by atoms with Crippen LogP contribution in [0.1, 0.15) is 108 Å². The quantitative estimate of drug-likeness (QED) is 0.0377. The molecular weight excluding hydrogens is 1480 g/mol. The third-order valence-corrected chi connectivity index (χ3v) is 17.5. The van der Waals surface area contributed by atoms with Gasteiger partial charge in [-0.05, 0) is 230 Å². The summed E-state index contributed by atoms with van der Waals surface area (Å²) in [7, 11) is 0. The van der Waals surface area contributed by atoms with Crippen LogP contribution in [0.25, 0.3) is 0 Å². The first-order valence-electron chi connectivity index (χ1n) is 22.8. The van der Waals surface area contributed by atoms with E-state index in [1.807, 2.05) is 12.1 Å². The Hall–Kier alpha value is 0.210. The summed E-state index contributed by atoms with van der Waals surface area (Å²) in [6, 6.07) is 15.3. The maximum Gasteiger partial charge on any atom is 0.190 e. The Balaban J connectivity index is 0.000000225. The van der Waals surface area contributed by atoms with E-state index in [9.17, 15) is 0 Å². The molecule has 0 N–H and O–H groups in total. The van der Waals surface area contributed by atoms with E-state index in [4.69, 9.17) is 33.4 Å². The van der Waals surface area contributed by atoms with Crippen LogP contribution in [0, 0.1) is 30.7 Å². The standard InChI is InChI=1S/C32H41I2NO4.C15H12I4O.C4H8O/c1-22(38-32(18-23-8-4-2-5-9-23)35-25-10-6-3-7-11-25)16-24-12-14-31(28(33)17-24)39-26-13-15-30(29(34)19-26)37-21-27-20-36-27;1-3-9-4-13(18)15(14(19)5-9)20-10-6-11(16)8(2)12(17)7-10;1-2-4-3-5-4/h12-15,17,19,23,25,27,29-30H,1-11,16,18,20-21H2;4-7H,3H2,1-2H3;4H,2-3H2,1H3. The highest BCUT2D eigenvalue weighted by molar-refractivity contribution is 14.1. The third kappa shape index (κ3) is 18.2. The number of aryl methyl sites for hydroxylation is 1. The second kappa shape index (κ2) is 27.6. The minimum atomic E-state index is 0.0549. The lowest BCUT2D eigenvalue weighted by atomic mass is 9.87. The van der Waals surface area contributed by atoms with Gasteiger partial charge in [0.15, 0.2) is 11.6 Å². The van der Waals surface area contributed by atoms with Crippen molar-refractivity contribution in [2.75, 3.05) is 19.8 Å². The molecule has 0 amide bonds. The van der Waals surface area contributed by atoms with Crippen molar-refractivity contribution in [2.24, 2.45) is 10.9 Å². The predicted octanol–water partition coefficient (Wildman–Crippen LogP) is 16.0. The highest BCUT2D eigenvalue weighted by Crippen LogP contribution is 2.36. The smallest absolute Gasteiger partial charge is 0.190 e. The number of hydrogen-bond acceptors (Lipinski definition) is 7. The molecule has 3 aromatic rings. The molecule has 2 aliphatic heterocycles. The van der Waals surface area contributed by atoms with Crippen molar-refractivity contribution in [2.45, 2.75) is 139 Å². The van der Waals surface area contributed by atoms with Crippen LogP contribution in [0.4, 0.5) is 0 Å². The molecule has 0 radical (unpaired) electrons. The number of alkyl halides is 1. The van der Waals surface area contributed by atoms with Gasteiger partial charge in [0.2, 0.25) is 0 Å². The van der Waals surface area contributed by atoms with Gasteiger partial charge in [0, 0.05) is 20.0 Å². The zero-order valence-electron chi connectivity index (χ0n) is 37.1. The molecule has 4 unspecified atom stereocenters. The molecule has 8 rings (SSSR count). The van der Waals surface area contributed by atoms with Gasteiger partial charge >= 0.3 is 0 Å². The summed E-state index contributed by atoms with van der Waals surface area (Å²) < 4.78 is 40.9. The normalized spacial score (nSPS) is 22.0. The molecule has 348 valence electrons. The molecular formula is C51H61I6NO6. The first-order valence-corrected chi connectivity index (χ1v) is 29.4. The Morgan fingerprint density at radius 3 is 1.95 bits per heavy atom. The minimum absolute atomic E-state index is 0.0549. The Labute approximate surface area is 464 Å². The summed E-state index contributed by atoms with van der Waals surface area (Å²) in [6.45, 7) is 13.2. The second-order valence-corrected chi connectivity index (χ2v) is 24.3. The van der Waals surface area contributed by atoms with E-state index in [1.165, 1.54) is 94.5 Å². The van der Waals surface area contributed by atoms with E-state index in [0.29, 0.717) is 31.1 Å². The molecule has 7 nitrogen and oxygen atoms in total. The average Bonchev–Trinajstić information content (AvgIpc) is 4.22. The fourth-order valence-corrected chi connectivity index (χ4v) is 13.0. The summed E-state index contributed by atoms with van der Waals surface area (Å²) in [5, 5.41) is 0. The largest absolute Gasteiger partial charge is 0.457 e. The molecule has 3 aromatic carbocycles. The second-order valence-electron chi connectivity index (χ2n) is 17.1. The van der Waals surface area contributed by atoms with Gasteiger partial charge in [-0.2, -0.15) is 0 Å². The van der Waals surface area contributed by atoms with E-state index in [0.717, 1.165) is 71.4 Å². The number of epoxide rings is 2. The molecule has 2 saturated carbocycles. The Bertz CT molecular complexity index is 2060. The maximum atomic E-state index is 6.39. The molecule has 64 heavy (non-hydrogen) atoms. The molecule has 2 saturated heterocycles. The summed E-state index contributed by atoms with van der Waals surface area (Å²) in [6.07, 6.45) is 24.0. The van der Waals surface area contributed by atoms with Crippen molar-refractivity contribution < 1.29 is 28.4 Å². The first kappa shape index (κ1) is 53.6. The minimum Gasteiger partial charge on any atom is -0.457 e. The Morgan fingerprint density at radius 2 is 1.39 bits per heavy atom. The highest BCUT2D eigenvalue weighted by atomic mass is 127. The lowest BCUT2D eigenvalue weighted by Gasteiger charge is -2.24. The fourth-order valence-electron chi connectivity index (χ4n) is 7.69. The van der Waals surface area contributed by atoms with E-state index in [2.05, 4.69) is 211 Å². The van der Waals surface area contributed by atoms with Gasteiger partial charge in [0.25, 0.3) is 0 Å². The Morgan fingerprint density at radius 1 is 0.766 bits per heavy atom. The van der Waals surface area contributed by atoms with Crippen molar-refractivity contribution in [3.8, 4) is 17.2 Å². The van der Waals surface area contributed by atoms with Gasteiger partial charge in [0.05, 0.1) is 52.7 Å². The van der Waals surface area contributed by atoms with Gasteiger partial charge in [-0.3, -0.25) is 4.99 Å². The number of hydrogen-bond donors (Lipinski definition) is 0. The van der Waals surface area contributed by atoms with E-state index in [1.54, 1.807) is 0 Å². The lowest BCUT2D eigenvalue weighted by molar-refractivity contribution is 0.0775. The number of halogens is 6. The average molecular weight is 1550 g/mol. The zero-order chi connectivity index (χ0) is 45.6. The number of benzene rings is 3. The maximum absolute atomic E-state index is 6.39. The predicted molar refractivity (Wildman–Crippen MR) is 312 cm³/mol. The molecule has 2 heterocycles. The lowest BCUT2D eigenvalue weighted by Crippen LogP contribution is -2.25. The first-order chi connectivity index (χ1) is 30.9. The summed E-state index contributed by atoms with van der Waals surface area (Å²) in [5.74, 6) is 5.96. The SMILES string of the molecule is C=C(Cc1ccc(OC2=CC(I)C(OCC3CO3)C=C2)c(I)c1)OC(CC1CCCCC1)=NC1CCCCC1.CCC1CO1.CCc1cc(I)c(Oc2cc(I)c(C)c(I)c2)c(I)c1. The van der Waals surface area contributed by atoms with Crippen molar-refractivity contribution in [3.63, 3.8) is 0 Å².